The van der Waals surface area contributed by atoms with Crippen molar-refractivity contribution in [3.63, 3.8) is 0 Å². The van der Waals surface area contributed by atoms with Crippen LogP contribution >= 0.6 is 11.6 Å². The molecule has 1 aliphatic heterocycles. The number of nitrogens with zero attached hydrogens (tertiary/aromatic N) is 1. The fourth-order valence-corrected chi connectivity index (χ4v) is 3.12. The summed E-state index contributed by atoms with van der Waals surface area (Å²) < 4.78 is 29.7. The molecule has 0 saturated carbocycles. The van der Waals surface area contributed by atoms with Gasteiger partial charge in [0.15, 0.2) is 18.2 Å². The number of esters is 1. The molecule has 3 rings (SSSR count). The zero-order valence-corrected chi connectivity index (χ0v) is 15.9. The number of carbonyl (C=O) groups excluding carboxylic acids is 2. The zero-order chi connectivity index (χ0) is 20.1. The Labute approximate surface area is 166 Å². The number of likely N-dealkylation sites (tertiary alicyclic amines) is 1. The van der Waals surface area contributed by atoms with Gasteiger partial charge in [-0.25, -0.2) is 9.18 Å². The molecule has 0 spiro atoms. The minimum absolute atomic E-state index is 0.0721. The van der Waals surface area contributed by atoms with Gasteiger partial charge in [-0.2, -0.15) is 0 Å². The van der Waals surface area contributed by atoms with E-state index in [1.54, 1.807) is 36.4 Å². The minimum Gasteiger partial charge on any atom is -0.485 e. The van der Waals surface area contributed by atoms with Crippen molar-refractivity contribution in [2.75, 3.05) is 20.3 Å². The first kappa shape index (κ1) is 19.9. The molecule has 1 amide bonds. The van der Waals surface area contributed by atoms with E-state index in [-0.39, 0.29) is 25.3 Å². The molecule has 1 saturated heterocycles. The lowest BCUT2D eigenvalue weighted by Gasteiger charge is -2.22. The van der Waals surface area contributed by atoms with Gasteiger partial charge in [-0.05, 0) is 36.4 Å². The molecule has 1 aliphatic rings. The molecule has 1 fully saturated rings. The third-order valence-electron chi connectivity index (χ3n) is 4.36. The number of amides is 1. The summed E-state index contributed by atoms with van der Waals surface area (Å²) in [4.78, 5) is 26.1. The van der Waals surface area contributed by atoms with Crippen LogP contribution in [0.4, 0.5) is 4.39 Å². The predicted octanol–water partition coefficient (Wildman–Crippen LogP) is 3.08. The van der Waals surface area contributed by atoms with Gasteiger partial charge < -0.3 is 19.1 Å². The fourth-order valence-electron chi connectivity index (χ4n) is 3.00. The Balaban J connectivity index is 1.66. The molecule has 28 heavy (non-hydrogen) atoms. The molecule has 0 N–H and O–H groups in total. The number of hydrogen-bond acceptors (Lipinski definition) is 5. The SMILES string of the molecule is COC(=O)[C@@H]1C[C@H](Oc2ccccc2F)CN1C(=O)COc1ccc(Cl)cc1. The van der Waals surface area contributed by atoms with Gasteiger partial charge in [0.25, 0.3) is 5.91 Å². The van der Waals surface area contributed by atoms with Crippen molar-refractivity contribution in [3.05, 3.63) is 59.4 Å². The van der Waals surface area contributed by atoms with Crippen molar-refractivity contribution in [3.8, 4) is 11.5 Å². The van der Waals surface area contributed by atoms with Crippen molar-refractivity contribution in [1.29, 1.82) is 0 Å². The number of halogens is 2. The molecule has 0 unspecified atom stereocenters. The average molecular weight is 408 g/mol. The standard InChI is InChI=1S/C20H19ClFNO5/c1-26-20(25)17-10-15(28-18-5-3-2-4-16(18)22)11-23(17)19(24)12-27-14-8-6-13(21)7-9-14/h2-9,15,17H,10-12H2,1H3/t15-,17-/m0/s1. The van der Waals surface area contributed by atoms with Gasteiger partial charge in [-0.3, -0.25) is 4.79 Å². The summed E-state index contributed by atoms with van der Waals surface area (Å²) in [6.07, 6.45) is -0.339. The van der Waals surface area contributed by atoms with Crippen LogP contribution in [-0.2, 0) is 14.3 Å². The number of para-hydroxylation sites is 1. The molecule has 2 atom stereocenters. The van der Waals surface area contributed by atoms with E-state index in [0.29, 0.717) is 10.8 Å². The summed E-state index contributed by atoms with van der Waals surface area (Å²) in [5.41, 5.74) is 0. The second-order valence-electron chi connectivity index (χ2n) is 6.23. The molecule has 0 aliphatic carbocycles. The molecule has 0 bridgehead atoms. The summed E-state index contributed by atoms with van der Waals surface area (Å²) in [6, 6.07) is 11.7. The summed E-state index contributed by atoms with van der Waals surface area (Å²) in [5, 5.41) is 0.553. The Bertz CT molecular complexity index is 845. The van der Waals surface area contributed by atoms with E-state index in [1.807, 2.05) is 0 Å². The molecule has 2 aromatic rings. The lowest BCUT2D eigenvalue weighted by molar-refractivity contribution is -0.151. The number of methoxy groups -OCH3 is 1. The number of benzene rings is 2. The van der Waals surface area contributed by atoms with Gasteiger partial charge in [0, 0.05) is 11.4 Å². The zero-order valence-electron chi connectivity index (χ0n) is 15.1. The van der Waals surface area contributed by atoms with Crippen LogP contribution in [0.3, 0.4) is 0 Å². The summed E-state index contributed by atoms with van der Waals surface area (Å²) in [6.45, 7) is -0.140. The summed E-state index contributed by atoms with van der Waals surface area (Å²) >= 11 is 5.82. The van der Waals surface area contributed by atoms with E-state index in [4.69, 9.17) is 25.8 Å². The normalized spacial score (nSPS) is 18.6. The van der Waals surface area contributed by atoms with E-state index in [9.17, 15) is 14.0 Å². The molecular formula is C20H19ClFNO5. The second kappa shape index (κ2) is 8.93. The Morgan fingerprint density at radius 2 is 1.89 bits per heavy atom. The van der Waals surface area contributed by atoms with Crippen molar-refractivity contribution in [2.24, 2.45) is 0 Å². The Hall–Kier alpha value is -2.80. The van der Waals surface area contributed by atoms with Gasteiger partial charge in [-0.1, -0.05) is 23.7 Å². The van der Waals surface area contributed by atoms with E-state index in [0.717, 1.165) is 0 Å². The lowest BCUT2D eigenvalue weighted by Crippen LogP contribution is -2.43. The largest absolute Gasteiger partial charge is 0.485 e. The average Bonchev–Trinajstić information content (AvgIpc) is 3.12. The Kier molecular flexibility index (Phi) is 6.36. The van der Waals surface area contributed by atoms with E-state index in [1.165, 1.54) is 24.1 Å². The van der Waals surface area contributed by atoms with E-state index in [2.05, 4.69) is 0 Å². The van der Waals surface area contributed by atoms with E-state index >= 15 is 0 Å². The van der Waals surface area contributed by atoms with Crippen LogP contribution in [0.1, 0.15) is 6.42 Å². The van der Waals surface area contributed by atoms with Gasteiger partial charge in [0.05, 0.1) is 13.7 Å². The topological polar surface area (TPSA) is 65.1 Å². The molecular weight excluding hydrogens is 389 g/mol. The van der Waals surface area contributed by atoms with Crippen LogP contribution in [0.2, 0.25) is 5.02 Å². The van der Waals surface area contributed by atoms with Crippen LogP contribution in [0, 0.1) is 5.82 Å². The van der Waals surface area contributed by atoms with Crippen LogP contribution in [0.25, 0.3) is 0 Å². The second-order valence-corrected chi connectivity index (χ2v) is 6.67. The number of ether oxygens (including phenoxy) is 3. The monoisotopic (exact) mass is 407 g/mol. The minimum atomic E-state index is -0.817. The molecule has 0 radical (unpaired) electrons. The third-order valence-corrected chi connectivity index (χ3v) is 4.61. The van der Waals surface area contributed by atoms with Gasteiger partial charge >= 0.3 is 5.97 Å². The number of hydrogen-bond donors (Lipinski definition) is 0. The van der Waals surface area contributed by atoms with Gasteiger partial charge in [-0.15, -0.1) is 0 Å². The lowest BCUT2D eigenvalue weighted by atomic mass is 10.2. The van der Waals surface area contributed by atoms with E-state index < -0.39 is 29.8 Å². The van der Waals surface area contributed by atoms with Crippen LogP contribution in [0.15, 0.2) is 48.5 Å². The molecule has 6 nitrogen and oxygen atoms in total. The number of rotatable bonds is 6. The Morgan fingerprint density at radius 3 is 2.57 bits per heavy atom. The smallest absolute Gasteiger partial charge is 0.328 e. The highest BCUT2D eigenvalue weighted by molar-refractivity contribution is 6.30. The number of carbonyl (C=O) groups is 2. The first-order chi connectivity index (χ1) is 13.5. The first-order valence-electron chi connectivity index (χ1n) is 8.64. The van der Waals surface area contributed by atoms with Crippen molar-refractivity contribution in [1.82, 2.24) is 4.90 Å². The molecule has 0 aromatic heterocycles. The fraction of sp³-hybridized carbons (Fsp3) is 0.300. The highest BCUT2D eigenvalue weighted by Crippen LogP contribution is 2.26. The summed E-state index contributed by atoms with van der Waals surface area (Å²) in [5.74, 6) is -0.911. The van der Waals surface area contributed by atoms with Gasteiger partial charge in [0.1, 0.15) is 17.9 Å². The Morgan fingerprint density at radius 1 is 1.18 bits per heavy atom. The maximum atomic E-state index is 13.8. The molecule has 8 heteroatoms. The maximum Gasteiger partial charge on any atom is 0.328 e. The highest BCUT2D eigenvalue weighted by Gasteiger charge is 2.41. The van der Waals surface area contributed by atoms with Crippen LogP contribution < -0.4 is 9.47 Å². The van der Waals surface area contributed by atoms with Crippen LogP contribution in [0.5, 0.6) is 11.5 Å². The first-order valence-corrected chi connectivity index (χ1v) is 9.02. The van der Waals surface area contributed by atoms with Crippen LogP contribution in [-0.4, -0.2) is 49.2 Å². The molecule has 148 valence electrons. The van der Waals surface area contributed by atoms with Gasteiger partial charge in [0.2, 0.25) is 0 Å². The predicted molar refractivity (Wildman–Crippen MR) is 99.9 cm³/mol. The quantitative estimate of drug-likeness (QED) is 0.688. The van der Waals surface area contributed by atoms with Crippen molar-refractivity contribution < 1.29 is 28.2 Å². The highest BCUT2D eigenvalue weighted by atomic mass is 35.5. The third kappa shape index (κ3) is 4.72. The maximum absolute atomic E-state index is 13.8. The van der Waals surface area contributed by atoms with Crippen molar-refractivity contribution >= 4 is 23.5 Å². The molecule has 1 heterocycles. The molecule has 2 aromatic carbocycles. The summed E-state index contributed by atoms with van der Waals surface area (Å²) in [7, 11) is 1.25. The van der Waals surface area contributed by atoms with Crippen molar-refractivity contribution in [2.45, 2.75) is 18.6 Å².